The highest BCUT2D eigenvalue weighted by Crippen LogP contribution is 2.16. The Labute approximate surface area is 107 Å². The first kappa shape index (κ1) is 12.9. The number of methoxy groups -OCH3 is 1. The van der Waals surface area contributed by atoms with Gasteiger partial charge in [-0.3, -0.25) is 0 Å². The van der Waals surface area contributed by atoms with Crippen LogP contribution in [-0.4, -0.2) is 32.8 Å². The molecule has 0 spiro atoms. The molecule has 1 atom stereocenters. The summed E-state index contributed by atoms with van der Waals surface area (Å²) in [5.41, 5.74) is 1.52. The third-order valence-corrected chi connectivity index (χ3v) is 3.13. The fourth-order valence-corrected chi connectivity index (χ4v) is 2.10. The first-order valence-electron chi connectivity index (χ1n) is 6.29. The van der Waals surface area contributed by atoms with Gasteiger partial charge in [0, 0.05) is 18.8 Å². The predicted molar refractivity (Wildman–Crippen MR) is 69.8 cm³/mol. The highest BCUT2D eigenvalue weighted by atomic mass is 16.5. The number of carbonyl (C=O) groups is 1. The summed E-state index contributed by atoms with van der Waals surface area (Å²) < 4.78 is 10.1. The molecule has 1 aliphatic rings. The van der Waals surface area contributed by atoms with Crippen molar-refractivity contribution in [1.82, 2.24) is 0 Å². The lowest BCUT2D eigenvalue weighted by Crippen LogP contribution is -2.24. The van der Waals surface area contributed by atoms with Gasteiger partial charge in [-0.15, -0.1) is 0 Å². The number of esters is 1. The summed E-state index contributed by atoms with van der Waals surface area (Å²) in [4.78, 5) is 11.4. The molecule has 4 nitrogen and oxygen atoms in total. The molecule has 2 rings (SSSR count). The van der Waals surface area contributed by atoms with Gasteiger partial charge in [-0.05, 0) is 37.0 Å². The van der Waals surface area contributed by atoms with E-state index < -0.39 is 0 Å². The predicted octanol–water partition coefficient (Wildman–Crippen LogP) is 2.31. The zero-order valence-electron chi connectivity index (χ0n) is 10.6. The highest BCUT2D eigenvalue weighted by Gasteiger charge is 2.13. The molecule has 18 heavy (non-hydrogen) atoms. The number of rotatable bonds is 4. The van der Waals surface area contributed by atoms with Crippen LogP contribution < -0.4 is 5.32 Å². The Kier molecular flexibility index (Phi) is 4.59. The molecule has 0 saturated carbocycles. The van der Waals surface area contributed by atoms with E-state index in [0.717, 1.165) is 31.9 Å². The molecule has 0 bridgehead atoms. The van der Waals surface area contributed by atoms with E-state index in [1.165, 1.54) is 13.5 Å². The van der Waals surface area contributed by atoms with Crippen LogP contribution in [0, 0.1) is 5.92 Å². The third kappa shape index (κ3) is 3.47. The molecule has 1 unspecified atom stereocenters. The Hall–Kier alpha value is -1.55. The second-order valence-corrected chi connectivity index (χ2v) is 4.54. The molecule has 0 aromatic heterocycles. The van der Waals surface area contributed by atoms with Gasteiger partial charge in [0.2, 0.25) is 0 Å². The van der Waals surface area contributed by atoms with Gasteiger partial charge in [0.1, 0.15) is 0 Å². The summed E-state index contributed by atoms with van der Waals surface area (Å²) in [5.74, 6) is 0.250. The van der Waals surface area contributed by atoms with Crippen molar-refractivity contribution in [2.75, 3.05) is 32.2 Å². The summed E-state index contributed by atoms with van der Waals surface area (Å²) in [6.45, 7) is 2.59. The SMILES string of the molecule is COC(=O)c1cccc(NCC2CCCOC2)c1. The van der Waals surface area contributed by atoms with Crippen molar-refractivity contribution < 1.29 is 14.3 Å². The normalized spacial score (nSPS) is 19.3. The van der Waals surface area contributed by atoms with Crippen molar-refractivity contribution in [2.45, 2.75) is 12.8 Å². The van der Waals surface area contributed by atoms with Crippen LogP contribution in [0.25, 0.3) is 0 Å². The van der Waals surface area contributed by atoms with E-state index in [0.29, 0.717) is 11.5 Å². The lowest BCUT2D eigenvalue weighted by Gasteiger charge is -2.22. The van der Waals surface area contributed by atoms with Crippen molar-refractivity contribution in [3.8, 4) is 0 Å². The molecule has 1 aliphatic heterocycles. The van der Waals surface area contributed by atoms with Gasteiger partial charge in [0.25, 0.3) is 0 Å². The van der Waals surface area contributed by atoms with Gasteiger partial charge in [0.05, 0.1) is 19.3 Å². The average molecular weight is 249 g/mol. The van der Waals surface area contributed by atoms with Gasteiger partial charge >= 0.3 is 5.97 Å². The summed E-state index contributed by atoms with van der Waals surface area (Å²) in [6.07, 6.45) is 2.33. The van der Waals surface area contributed by atoms with Crippen LogP contribution in [0.2, 0.25) is 0 Å². The van der Waals surface area contributed by atoms with Crippen LogP contribution >= 0.6 is 0 Å². The monoisotopic (exact) mass is 249 g/mol. The van der Waals surface area contributed by atoms with Gasteiger partial charge in [-0.2, -0.15) is 0 Å². The Morgan fingerprint density at radius 1 is 1.56 bits per heavy atom. The molecule has 1 aromatic rings. The second-order valence-electron chi connectivity index (χ2n) is 4.54. The van der Waals surface area contributed by atoms with E-state index in [-0.39, 0.29) is 5.97 Å². The molecule has 1 N–H and O–H groups in total. The number of nitrogens with one attached hydrogen (secondary N) is 1. The molecule has 1 heterocycles. The maximum Gasteiger partial charge on any atom is 0.337 e. The number of anilines is 1. The van der Waals surface area contributed by atoms with E-state index in [4.69, 9.17) is 9.47 Å². The average Bonchev–Trinajstić information content (AvgIpc) is 2.45. The molecule has 1 fully saturated rings. The fraction of sp³-hybridized carbons (Fsp3) is 0.500. The van der Waals surface area contributed by atoms with Crippen molar-refractivity contribution in [3.05, 3.63) is 29.8 Å². The molecule has 1 saturated heterocycles. The second kappa shape index (κ2) is 6.40. The minimum Gasteiger partial charge on any atom is -0.465 e. The largest absolute Gasteiger partial charge is 0.465 e. The summed E-state index contributed by atoms with van der Waals surface area (Å²) in [5, 5.41) is 3.35. The number of carbonyl (C=O) groups excluding carboxylic acids is 1. The van der Waals surface area contributed by atoms with Crippen LogP contribution in [0.1, 0.15) is 23.2 Å². The molecule has 1 aromatic carbocycles. The standard InChI is InChI=1S/C14H19NO3/c1-17-14(16)12-5-2-6-13(8-12)15-9-11-4-3-7-18-10-11/h2,5-6,8,11,15H,3-4,7,9-10H2,1H3. The first-order chi connectivity index (χ1) is 8.79. The highest BCUT2D eigenvalue weighted by molar-refractivity contribution is 5.90. The van der Waals surface area contributed by atoms with Crippen LogP contribution in [0.5, 0.6) is 0 Å². The van der Waals surface area contributed by atoms with Gasteiger partial charge in [0.15, 0.2) is 0 Å². The smallest absolute Gasteiger partial charge is 0.337 e. The molecule has 4 heteroatoms. The van der Waals surface area contributed by atoms with Crippen LogP contribution in [-0.2, 0) is 9.47 Å². The first-order valence-corrected chi connectivity index (χ1v) is 6.29. The fourth-order valence-electron chi connectivity index (χ4n) is 2.10. The minimum atomic E-state index is -0.306. The Morgan fingerprint density at radius 2 is 2.44 bits per heavy atom. The Morgan fingerprint density at radius 3 is 3.17 bits per heavy atom. The minimum absolute atomic E-state index is 0.306. The van der Waals surface area contributed by atoms with E-state index >= 15 is 0 Å². The van der Waals surface area contributed by atoms with Crippen molar-refractivity contribution in [1.29, 1.82) is 0 Å². The molecular weight excluding hydrogens is 230 g/mol. The van der Waals surface area contributed by atoms with Crippen molar-refractivity contribution >= 4 is 11.7 Å². The third-order valence-electron chi connectivity index (χ3n) is 3.13. The molecule has 98 valence electrons. The number of hydrogen-bond acceptors (Lipinski definition) is 4. The van der Waals surface area contributed by atoms with E-state index in [2.05, 4.69) is 5.32 Å². The quantitative estimate of drug-likeness (QED) is 0.832. The Balaban J connectivity index is 1.90. The molecular formula is C14H19NO3. The topological polar surface area (TPSA) is 47.6 Å². The number of hydrogen-bond donors (Lipinski definition) is 1. The van der Waals surface area contributed by atoms with E-state index in [1.807, 2.05) is 18.2 Å². The van der Waals surface area contributed by atoms with Crippen LogP contribution in [0.15, 0.2) is 24.3 Å². The Bertz CT molecular complexity index is 400. The van der Waals surface area contributed by atoms with E-state index in [1.54, 1.807) is 6.07 Å². The summed E-state index contributed by atoms with van der Waals surface area (Å²) in [7, 11) is 1.39. The maximum atomic E-state index is 11.4. The van der Waals surface area contributed by atoms with Gasteiger partial charge < -0.3 is 14.8 Å². The van der Waals surface area contributed by atoms with E-state index in [9.17, 15) is 4.79 Å². The lowest BCUT2D eigenvalue weighted by atomic mass is 10.0. The summed E-state index contributed by atoms with van der Waals surface area (Å²) in [6, 6.07) is 7.37. The molecule has 0 aliphatic carbocycles. The van der Waals surface area contributed by atoms with Crippen molar-refractivity contribution in [3.63, 3.8) is 0 Å². The van der Waals surface area contributed by atoms with Gasteiger partial charge in [-0.25, -0.2) is 4.79 Å². The number of ether oxygens (including phenoxy) is 2. The van der Waals surface area contributed by atoms with Crippen LogP contribution in [0.3, 0.4) is 0 Å². The molecule has 0 amide bonds. The van der Waals surface area contributed by atoms with Gasteiger partial charge in [-0.1, -0.05) is 6.07 Å². The number of benzene rings is 1. The van der Waals surface area contributed by atoms with Crippen LogP contribution in [0.4, 0.5) is 5.69 Å². The molecule has 0 radical (unpaired) electrons. The zero-order valence-corrected chi connectivity index (χ0v) is 10.6. The maximum absolute atomic E-state index is 11.4. The summed E-state index contributed by atoms with van der Waals surface area (Å²) >= 11 is 0. The zero-order chi connectivity index (χ0) is 12.8. The van der Waals surface area contributed by atoms with Crippen molar-refractivity contribution in [2.24, 2.45) is 5.92 Å². The lowest BCUT2D eigenvalue weighted by molar-refractivity contribution is 0.0593.